The Bertz CT molecular complexity index is 1070. The molecule has 0 saturated carbocycles. The van der Waals surface area contributed by atoms with Crippen molar-refractivity contribution in [2.75, 3.05) is 20.8 Å². The third kappa shape index (κ3) is 3.50. The number of para-hydroxylation sites is 2. The highest BCUT2D eigenvalue weighted by molar-refractivity contribution is 6.05. The number of carbonyl (C=O) groups excluding carboxylic acids is 2. The van der Waals surface area contributed by atoms with Crippen LogP contribution < -0.4 is 15.6 Å². The molecule has 0 fully saturated rings. The SMILES string of the molecule is COC(=O)CNC(=O)c1nn(-c2ccccc2OC)c(=O)c2ccccc12. The molecule has 0 spiro atoms. The van der Waals surface area contributed by atoms with Gasteiger partial charge in [-0.25, -0.2) is 0 Å². The molecule has 0 atom stereocenters. The summed E-state index contributed by atoms with van der Waals surface area (Å²) in [5.41, 5.74) is 0.0254. The highest BCUT2D eigenvalue weighted by Crippen LogP contribution is 2.22. The second kappa shape index (κ2) is 7.69. The van der Waals surface area contributed by atoms with Crippen molar-refractivity contribution in [1.82, 2.24) is 15.1 Å². The summed E-state index contributed by atoms with van der Waals surface area (Å²) in [6.07, 6.45) is 0. The van der Waals surface area contributed by atoms with E-state index >= 15 is 0 Å². The van der Waals surface area contributed by atoms with Crippen molar-refractivity contribution < 1.29 is 19.1 Å². The number of ether oxygens (including phenoxy) is 2. The van der Waals surface area contributed by atoms with E-state index in [0.717, 1.165) is 4.68 Å². The molecule has 3 aromatic rings. The number of benzene rings is 2. The van der Waals surface area contributed by atoms with Gasteiger partial charge in [-0.05, 0) is 18.2 Å². The molecule has 1 N–H and O–H groups in total. The number of amides is 1. The zero-order valence-electron chi connectivity index (χ0n) is 14.8. The lowest BCUT2D eigenvalue weighted by Crippen LogP contribution is -2.33. The first-order valence-corrected chi connectivity index (χ1v) is 8.07. The quantitative estimate of drug-likeness (QED) is 0.683. The monoisotopic (exact) mass is 367 g/mol. The summed E-state index contributed by atoms with van der Waals surface area (Å²) >= 11 is 0. The predicted octanol–water partition coefficient (Wildman–Crippen LogP) is 1.30. The molecule has 0 aliphatic rings. The molecule has 1 amide bonds. The number of esters is 1. The van der Waals surface area contributed by atoms with E-state index in [9.17, 15) is 14.4 Å². The number of hydrogen-bond donors (Lipinski definition) is 1. The van der Waals surface area contributed by atoms with Crippen LogP contribution in [-0.4, -0.2) is 42.4 Å². The lowest BCUT2D eigenvalue weighted by atomic mass is 10.1. The van der Waals surface area contributed by atoms with E-state index in [0.29, 0.717) is 22.2 Å². The van der Waals surface area contributed by atoms with Crippen molar-refractivity contribution in [3.63, 3.8) is 0 Å². The average molecular weight is 367 g/mol. The van der Waals surface area contributed by atoms with Gasteiger partial charge in [0.1, 0.15) is 18.0 Å². The summed E-state index contributed by atoms with van der Waals surface area (Å²) in [5.74, 6) is -0.755. The smallest absolute Gasteiger partial charge is 0.325 e. The van der Waals surface area contributed by atoms with Crippen molar-refractivity contribution in [1.29, 1.82) is 0 Å². The normalized spacial score (nSPS) is 10.4. The second-order valence-corrected chi connectivity index (χ2v) is 5.54. The van der Waals surface area contributed by atoms with Gasteiger partial charge in [-0.15, -0.1) is 0 Å². The van der Waals surface area contributed by atoms with Gasteiger partial charge in [0.2, 0.25) is 0 Å². The number of carbonyl (C=O) groups is 2. The van der Waals surface area contributed by atoms with E-state index in [1.807, 2.05) is 0 Å². The van der Waals surface area contributed by atoms with Crippen molar-refractivity contribution in [3.05, 3.63) is 64.6 Å². The zero-order chi connectivity index (χ0) is 19.4. The van der Waals surface area contributed by atoms with Gasteiger partial charge in [0.15, 0.2) is 5.69 Å². The highest BCUT2D eigenvalue weighted by atomic mass is 16.5. The molecule has 1 aromatic heterocycles. The number of rotatable bonds is 5. The summed E-state index contributed by atoms with van der Waals surface area (Å²) in [7, 11) is 2.71. The second-order valence-electron chi connectivity index (χ2n) is 5.54. The molecular formula is C19H17N3O5. The summed E-state index contributed by atoms with van der Waals surface area (Å²) in [4.78, 5) is 36.8. The largest absolute Gasteiger partial charge is 0.494 e. The van der Waals surface area contributed by atoms with Gasteiger partial charge >= 0.3 is 5.97 Å². The van der Waals surface area contributed by atoms with Crippen LogP contribution in [0, 0.1) is 0 Å². The maximum Gasteiger partial charge on any atom is 0.325 e. The van der Waals surface area contributed by atoms with Crippen LogP contribution in [0.25, 0.3) is 16.5 Å². The number of methoxy groups -OCH3 is 2. The summed E-state index contributed by atoms with van der Waals surface area (Å²) in [6, 6.07) is 13.5. The van der Waals surface area contributed by atoms with Gasteiger partial charge in [-0.2, -0.15) is 9.78 Å². The Morgan fingerprint density at radius 2 is 1.70 bits per heavy atom. The summed E-state index contributed by atoms with van der Waals surface area (Å²) in [5, 5.41) is 7.40. The van der Waals surface area contributed by atoms with Gasteiger partial charge < -0.3 is 14.8 Å². The minimum atomic E-state index is -0.597. The van der Waals surface area contributed by atoms with Crippen molar-refractivity contribution in [2.45, 2.75) is 0 Å². The molecule has 8 heteroatoms. The maximum atomic E-state index is 12.9. The van der Waals surface area contributed by atoms with Gasteiger partial charge in [0.05, 0.1) is 19.6 Å². The van der Waals surface area contributed by atoms with Gasteiger partial charge in [-0.3, -0.25) is 14.4 Å². The molecular weight excluding hydrogens is 350 g/mol. The number of nitrogens with one attached hydrogen (secondary N) is 1. The first kappa shape index (κ1) is 18.1. The molecule has 8 nitrogen and oxygen atoms in total. The molecule has 0 unspecified atom stereocenters. The molecule has 0 aliphatic carbocycles. The van der Waals surface area contributed by atoms with E-state index in [-0.39, 0.29) is 17.8 Å². The molecule has 3 rings (SSSR count). The maximum absolute atomic E-state index is 12.9. The van der Waals surface area contributed by atoms with Gasteiger partial charge in [-0.1, -0.05) is 30.3 Å². The molecule has 0 radical (unpaired) electrons. The number of nitrogens with zero attached hydrogens (tertiary/aromatic N) is 2. The highest BCUT2D eigenvalue weighted by Gasteiger charge is 2.19. The lowest BCUT2D eigenvalue weighted by Gasteiger charge is -2.13. The molecule has 27 heavy (non-hydrogen) atoms. The zero-order valence-corrected chi connectivity index (χ0v) is 14.8. The minimum absolute atomic E-state index is 0.0139. The summed E-state index contributed by atoms with van der Waals surface area (Å²) in [6.45, 7) is -0.306. The Morgan fingerprint density at radius 3 is 2.41 bits per heavy atom. The first-order valence-electron chi connectivity index (χ1n) is 8.07. The van der Waals surface area contributed by atoms with Crippen molar-refractivity contribution in [3.8, 4) is 11.4 Å². The van der Waals surface area contributed by atoms with E-state index in [4.69, 9.17) is 4.74 Å². The summed E-state index contributed by atoms with van der Waals surface area (Å²) < 4.78 is 10.9. The molecule has 1 heterocycles. The van der Waals surface area contributed by atoms with Gasteiger partial charge in [0, 0.05) is 5.39 Å². The van der Waals surface area contributed by atoms with Crippen LogP contribution in [-0.2, 0) is 9.53 Å². The average Bonchev–Trinajstić information content (AvgIpc) is 2.72. The van der Waals surface area contributed by atoms with Crippen molar-refractivity contribution in [2.24, 2.45) is 0 Å². The Morgan fingerprint density at radius 1 is 1.04 bits per heavy atom. The van der Waals surface area contributed by atoms with Gasteiger partial charge in [0.25, 0.3) is 11.5 Å². The third-order valence-electron chi connectivity index (χ3n) is 3.95. The van der Waals surface area contributed by atoms with E-state index in [1.165, 1.54) is 14.2 Å². The number of aromatic nitrogens is 2. The number of fused-ring (bicyclic) bond motifs is 1. The van der Waals surface area contributed by atoms with Crippen LogP contribution in [0.2, 0.25) is 0 Å². The Labute approximate surface area is 154 Å². The molecule has 138 valence electrons. The van der Waals surface area contributed by atoms with Crippen LogP contribution >= 0.6 is 0 Å². The molecule has 0 bridgehead atoms. The molecule has 0 saturated heterocycles. The van der Waals surface area contributed by atoms with E-state index < -0.39 is 11.9 Å². The standard InChI is InChI=1S/C19H17N3O5/c1-26-15-10-6-5-9-14(15)22-19(25)13-8-4-3-7-12(13)17(21-22)18(24)20-11-16(23)27-2/h3-10H,11H2,1-2H3,(H,20,24). The Hall–Kier alpha value is -3.68. The lowest BCUT2D eigenvalue weighted by molar-refractivity contribution is -0.139. The molecule has 2 aromatic carbocycles. The fourth-order valence-electron chi connectivity index (χ4n) is 2.63. The third-order valence-corrected chi connectivity index (χ3v) is 3.95. The van der Waals surface area contributed by atoms with Crippen LogP contribution in [0.3, 0.4) is 0 Å². The van der Waals surface area contributed by atoms with Crippen LogP contribution in [0.15, 0.2) is 53.3 Å². The Balaban J connectivity index is 2.19. The fraction of sp³-hybridized carbons (Fsp3) is 0.158. The van der Waals surface area contributed by atoms with Crippen molar-refractivity contribution >= 4 is 22.6 Å². The first-order chi connectivity index (χ1) is 13.1. The van der Waals surface area contributed by atoms with E-state index in [1.54, 1.807) is 48.5 Å². The van der Waals surface area contributed by atoms with E-state index in [2.05, 4.69) is 15.2 Å². The predicted molar refractivity (Wildman–Crippen MR) is 98.2 cm³/mol. The van der Waals surface area contributed by atoms with Crippen LogP contribution in [0.4, 0.5) is 0 Å². The number of hydrogen-bond acceptors (Lipinski definition) is 6. The molecule has 0 aliphatic heterocycles. The fourth-order valence-corrected chi connectivity index (χ4v) is 2.63. The van der Waals surface area contributed by atoms with Crippen LogP contribution in [0.1, 0.15) is 10.5 Å². The van der Waals surface area contributed by atoms with Crippen LogP contribution in [0.5, 0.6) is 5.75 Å². The topological polar surface area (TPSA) is 99.5 Å². The minimum Gasteiger partial charge on any atom is -0.494 e. The Kier molecular flexibility index (Phi) is 5.16.